The van der Waals surface area contributed by atoms with Gasteiger partial charge in [-0.2, -0.15) is 0 Å². The van der Waals surface area contributed by atoms with Crippen LogP contribution in [0, 0.1) is 6.92 Å². The van der Waals surface area contributed by atoms with Crippen molar-refractivity contribution in [1.29, 1.82) is 0 Å². The Bertz CT molecular complexity index is 1760. The normalized spacial score (nSPS) is 13.5. The van der Waals surface area contributed by atoms with Gasteiger partial charge in [0.2, 0.25) is 5.91 Å². The summed E-state index contributed by atoms with van der Waals surface area (Å²) in [5.41, 5.74) is 6.42. The number of hydrogen-bond donors (Lipinski definition) is 0. The summed E-state index contributed by atoms with van der Waals surface area (Å²) in [7, 11) is 3.46. The van der Waals surface area contributed by atoms with Gasteiger partial charge in [0.1, 0.15) is 10.8 Å². The van der Waals surface area contributed by atoms with E-state index in [0.29, 0.717) is 44.8 Å². The highest BCUT2D eigenvalue weighted by Crippen LogP contribution is 2.33. The minimum Gasteiger partial charge on any atom is -0.497 e. The molecule has 0 unspecified atom stereocenters. The zero-order valence-corrected chi connectivity index (χ0v) is 26.7. The first-order valence-corrected chi connectivity index (χ1v) is 16.0. The molecule has 5 aromatic rings. The molecule has 0 aliphatic carbocycles. The van der Waals surface area contributed by atoms with Gasteiger partial charge in [-0.25, -0.2) is 4.98 Å². The van der Waals surface area contributed by atoms with E-state index in [1.165, 1.54) is 0 Å². The smallest absolute Gasteiger partial charge is 0.255 e. The van der Waals surface area contributed by atoms with Gasteiger partial charge in [-0.05, 0) is 55.0 Å². The summed E-state index contributed by atoms with van der Waals surface area (Å²) in [4.78, 5) is 37.6. The number of para-hydroxylation sites is 1. The van der Waals surface area contributed by atoms with Gasteiger partial charge in [0, 0.05) is 62.1 Å². The fourth-order valence-corrected chi connectivity index (χ4v) is 6.49. The van der Waals surface area contributed by atoms with Gasteiger partial charge in [-0.15, -0.1) is 11.3 Å². The number of ether oxygens (including phenoxy) is 1. The van der Waals surface area contributed by atoms with Crippen molar-refractivity contribution in [1.82, 2.24) is 19.4 Å². The van der Waals surface area contributed by atoms with Crippen LogP contribution in [0.25, 0.3) is 22.0 Å². The topological polar surface area (TPSA) is 70.9 Å². The Labute approximate surface area is 268 Å². The van der Waals surface area contributed by atoms with E-state index in [-0.39, 0.29) is 11.8 Å². The summed E-state index contributed by atoms with van der Waals surface area (Å²) in [5.74, 6) is 0.855. The second-order valence-electron chi connectivity index (χ2n) is 11.2. The molecule has 1 aliphatic heterocycles. The molecule has 0 radical (unpaired) electrons. The van der Waals surface area contributed by atoms with Crippen LogP contribution >= 0.6 is 11.3 Å². The molecule has 8 nitrogen and oxygen atoms in total. The minimum atomic E-state index is 0.0125. The maximum atomic E-state index is 14.0. The number of methoxy groups -OCH3 is 1. The van der Waals surface area contributed by atoms with Gasteiger partial charge >= 0.3 is 0 Å². The maximum absolute atomic E-state index is 14.0. The van der Waals surface area contributed by atoms with Crippen molar-refractivity contribution in [3.8, 4) is 27.7 Å². The minimum absolute atomic E-state index is 0.0125. The van der Waals surface area contributed by atoms with E-state index in [4.69, 9.17) is 9.72 Å². The molecule has 0 spiro atoms. The van der Waals surface area contributed by atoms with Gasteiger partial charge in [0.05, 0.1) is 30.6 Å². The molecular formula is C36H37N5O3S. The van der Waals surface area contributed by atoms with E-state index >= 15 is 0 Å². The lowest BCUT2D eigenvalue weighted by Gasteiger charge is -2.35. The molecule has 1 aliphatic rings. The Balaban J connectivity index is 1.20. The number of benzene rings is 3. The number of thiazole rings is 1. The first-order chi connectivity index (χ1) is 21.9. The largest absolute Gasteiger partial charge is 0.497 e. The van der Waals surface area contributed by atoms with Crippen LogP contribution in [0.1, 0.15) is 21.6 Å². The number of hydrogen-bond acceptors (Lipinski definition) is 6. The van der Waals surface area contributed by atoms with Crippen molar-refractivity contribution in [2.24, 2.45) is 0 Å². The zero-order valence-electron chi connectivity index (χ0n) is 25.8. The molecule has 9 heteroatoms. The number of likely N-dealkylation sites (N-methyl/N-ethyl adjacent to an activating group) is 1. The van der Waals surface area contributed by atoms with Crippen molar-refractivity contribution in [2.75, 3.05) is 51.8 Å². The molecule has 0 N–H and O–H groups in total. The van der Waals surface area contributed by atoms with Crippen LogP contribution in [0.3, 0.4) is 0 Å². The number of carbonyl (C=O) groups is 2. The average Bonchev–Trinajstić information content (AvgIpc) is 3.70. The summed E-state index contributed by atoms with van der Waals surface area (Å²) in [5, 5.41) is 2.97. The van der Waals surface area contributed by atoms with Crippen LogP contribution in [0.15, 0.2) is 96.4 Å². The van der Waals surface area contributed by atoms with Crippen LogP contribution in [-0.2, 0) is 11.3 Å². The first kappa shape index (κ1) is 30.3. The highest BCUT2D eigenvalue weighted by molar-refractivity contribution is 7.13. The monoisotopic (exact) mass is 619 g/mol. The molecular weight excluding hydrogens is 582 g/mol. The molecule has 2 amide bonds. The highest BCUT2D eigenvalue weighted by Gasteiger charge is 2.28. The van der Waals surface area contributed by atoms with Crippen molar-refractivity contribution in [3.63, 3.8) is 0 Å². The molecule has 6 rings (SSSR count). The summed E-state index contributed by atoms with van der Waals surface area (Å²) in [6, 6.07) is 29.8. The van der Waals surface area contributed by atoms with Crippen molar-refractivity contribution in [3.05, 3.63) is 113 Å². The highest BCUT2D eigenvalue weighted by atomic mass is 32.1. The number of amides is 2. The lowest BCUT2D eigenvalue weighted by Crippen LogP contribution is -2.51. The second kappa shape index (κ2) is 13.5. The molecule has 1 fully saturated rings. The standard InChI is InChI=1S/C36H37N5O3S/c1-26-31(36(43)40-20-18-39(19-21-40)24-34(42)38(2)29-12-8-5-9-13-29)22-33(41(26)23-27-10-6-4-7-11-27)32-25-45-35(37-32)28-14-16-30(44-3)17-15-28/h4-17,22,25H,18-21,23-24H2,1-3H3. The van der Waals surface area contributed by atoms with E-state index in [1.807, 2.05) is 90.7 Å². The molecule has 1 saturated heterocycles. The fourth-order valence-electron chi connectivity index (χ4n) is 5.67. The summed E-state index contributed by atoms with van der Waals surface area (Å²) < 4.78 is 7.51. The molecule has 3 aromatic carbocycles. The van der Waals surface area contributed by atoms with Crippen LogP contribution in [0.4, 0.5) is 5.69 Å². The maximum Gasteiger partial charge on any atom is 0.255 e. The fraction of sp³-hybridized carbons (Fsp3) is 0.250. The Morgan fingerprint density at radius 2 is 1.58 bits per heavy atom. The van der Waals surface area contributed by atoms with Crippen LogP contribution in [0.2, 0.25) is 0 Å². The van der Waals surface area contributed by atoms with Gasteiger partial charge in [-0.1, -0.05) is 48.5 Å². The van der Waals surface area contributed by atoms with Gasteiger partial charge < -0.3 is 19.1 Å². The number of nitrogens with zero attached hydrogens (tertiary/aromatic N) is 5. The molecule has 0 atom stereocenters. The third-order valence-corrected chi connectivity index (χ3v) is 9.31. The SMILES string of the molecule is COc1ccc(-c2nc(-c3cc(C(=O)N4CCN(CC(=O)N(C)c5ccccc5)CC4)c(C)n3Cc3ccccc3)cs2)cc1. The van der Waals surface area contributed by atoms with E-state index in [1.54, 1.807) is 30.4 Å². The molecule has 3 heterocycles. The molecule has 0 bridgehead atoms. The lowest BCUT2D eigenvalue weighted by molar-refractivity contribution is -0.119. The van der Waals surface area contributed by atoms with E-state index < -0.39 is 0 Å². The van der Waals surface area contributed by atoms with Crippen LogP contribution in [0.5, 0.6) is 5.75 Å². The Hall–Kier alpha value is -4.73. The summed E-state index contributed by atoms with van der Waals surface area (Å²) in [6.07, 6.45) is 0. The third-order valence-electron chi connectivity index (χ3n) is 8.42. The van der Waals surface area contributed by atoms with Gasteiger partial charge in [0.25, 0.3) is 5.91 Å². The Morgan fingerprint density at radius 3 is 2.24 bits per heavy atom. The molecule has 230 valence electrons. The quantitative estimate of drug-likeness (QED) is 0.201. The number of carbonyl (C=O) groups excluding carboxylic acids is 2. The van der Waals surface area contributed by atoms with E-state index in [0.717, 1.165) is 44.7 Å². The second-order valence-corrected chi connectivity index (χ2v) is 12.1. The Kier molecular flexibility index (Phi) is 9.09. The first-order valence-electron chi connectivity index (χ1n) is 15.1. The predicted molar refractivity (Wildman–Crippen MR) is 180 cm³/mol. The van der Waals surface area contributed by atoms with Crippen LogP contribution in [-0.4, -0.2) is 78.0 Å². The van der Waals surface area contributed by atoms with E-state index in [2.05, 4.69) is 27.0 Å². The zero-order chi connectivity index (χ0) is 31.3. The van der Waals surface area contributed by atoms with Crippen molar-refractivity contribution in [2.45, 2.75) is 13.5 Å². The van der Waals surface area contributed by atoms with Crippen molar-refractivity contribution >= 4 is 28.8 Å². The number of aromatic nitrogens is 2. The molecule has 0 saturated carbocycles. The third kappa shape index (κ3) is 6.69. The van der Waals surface area contributed by atoms with E-state index in [9.17, 15) is 9.59 Å². The number of piperazine rings is 1. The lowest BCUT2D eigenvalue weighted by atomic mass is 10.2. The number of anilines is 1. The summed E-state index contributed by atoms with van der Waals surface area (Å²) >= 11 is 1.59. The molecule has 45 heavy (non-hydrogen) atoms. The predicted octanol–water partition coefficient (Wildman–Crippen LogP) is 6.06. The van der Waals surface area contributed by atoms with Gasteiger partial charge in [-0.3, -0.25) is 14.5 Å². The number of rotatable bonds is 9. The Morgan fingerprint density at radius 1 is 0.911 bits per heavy atom. The van der Waals surface area contributed by atoms with Crippen LogP contribution < -0.4 is 9.64 Å². The summed E-state index contributed by atoms with van der Waals surface area (Å²) in [6.45, 7) is 5.41. The molecule has 2 aromatic heterocycles. The van der Waals surface area contributed by atoms with Gasteiger partial charge in [0.15, 0.2) is 0 Å². The van der Waals surface area contributed by atoms with Crippen molar-refractivity contribution < 1.29 is 14.3 Å². The average molecular weight is 620 g/mol.